The third-order valence-electron chi connectivity index (χ3n) is 3.18. The SMILES string of the molecule is O=C1OC(C(O)COC(=O)C(O)C(O)C(O)C(O)CO)C(O)=C1O. The van der Waals surface area contributed by atoms with Crippen molar-refractivity contribution < 1.29 is 59.9 Å². The van der Waals surface area contributed by atoms with Crippen molar-refractivity contribution in [2.75, 3.05) is 13.2 Å². The average molecular weight is 354 g/mol. The second-order valence-electron chi connectivity index (χ2n) is 4.93. The summed E-state index contributed by atoms with van der Waals surface area (Å²) < 4.78 is 8.83. The third-order valence-corrected chi connectivity index (χ3v) is 3.18. The molecule has 12 nitrogen and oxygen atoms in total. The van der Waals surface area contributed by atoms with Gasteiger partial charge in [-0.2, -0.15) is 0 Å². The van der Waals surface area contributed by atoms with Crippen molar-refractivity contribution in [3.8, 4) is 0 Å². The Bertz CT molecular complexity index is 502. The molecule has 138 valence electrons. The van der Waals surface area contributed by atoms with Crippen molar-refractivity contribution in [2.24, 2.45) is 0 Å². The summed E-state index contributed by atoms with van der Waals surface area (Å²) in [5, 5.41) is 74.0. The zero-order valence-corrected chi connectivity index (χ0v) is 12.1. The topological polar surface area (TPSA) is 214 Å². The molecule has 0 saturated heterocycles. The van der Waals surface area contributed by atoms with Crippen LogP contribution in [0.5, 0.6) is 0 Å². The molecule has 1 heterocycles. The van der Waals surface area contributed by atoms with Gasteiger partial charge in [-0.1, -0.05) is 0 Å². The van der Waals surface area contributed by atoms with E-state index in [2.05, 4.69) is 9.47 Å². The maximum atomic E-state index is 11.5. The summed E-state index contributed by atoms with van der Waals surface area (Å²) in [6.45, 7) is -1.85. The predicted octanol–water partition coefficient (Wildman–Crippen LogP) is -4.42. The first-order valence-electron chi connectivity index (χ1n) is 6.62. The quantitative estimate of drug-likeness (QED) is 0.194. The first-order chi connectivity index (χ1) is 11.1. The van der Waals surface area contributed by atoms with Crippen LogP contribution in [0.15, 0.2) is 11.5 Å². The van der Waals surface area contributed by atoms with Crippen LogP contribution in [-0.4, -0.2) is 103 Å². The Morgan fingerprint density at radius 3 is 2.17 bits per heavy atom. The summed E-state index contributed by atoms with van der Waals surface area (Å²) >= 11 is 0. The molecule has 1 aliphatic rings. The minimum Gasteiger partial charge on any atom is -0.505 e. The molecule has 0 spiro atoms. The van der Waals surface area contributed by atoms with Crippen LogP contribution in [0.2, 0.25) is 0 Å². The zero-order valence-electron chi connectivity index (χ0n) is 12.1. The minimum absolute atomic E-state index is 0.906. The lowest BCUT2D eigenvalue weighted by Crippen LogP contribution is -2.49. The van der Waals surface area contributed by atoms with Crippen LogP contribution in [0, 0.1) is 0 Å². The lowest BCUT2D eigenvalue weighted by atomic mass is 10.0. The fourth-order valence-corrected chi connectivity index (χ4v) is 1.73. The van der Waals surface area contributed by atoms with Crippen LogP contribution in [0.25, 0.3) is 0 Å². The Balaban J connectivity index is 2.55. The molecular weight excluding hydrogens is 336 g/mol. The first kappa shape index (κ1) is 20.1. The molecule has 0 amide bonds. The molecule has 6 unspecified atom stereocenters. The molecule has 8 N–H and O–H groups in total. The summed E-state index contributed by atoms with van der Waals surface area (Å²) in [7, 11) is 0. The van der Waals surface area contributed by atoms with Gasteiger partial charge >= 0.3 is 11.9 Å². The van der Waals surface area contributed by atoms with E-state index in [9.17, 15) is 35.1 Å². The van der Waals surface area contributed by atoms with Gasteiger partial charge in [0.15, 0.2) is 18.0 Å². The molecule has 1 aliphatic heterocycles. The molecule has 12 heteroatoms. The third kappa shape index (κ3) is 4.31. The van der Waals surface area contributed by atoms with Crippen molar-refractivity contribution in [1.29, 1.82) is 0 Å². The summed E-state index contributed by atoms with van der Waals surface area (Å²) in [5.41, 5.74) is 0. The molecule has 0 aromatic carbocycles. The molecule has 0 bridgehead atoms. The normalized spacial score (nSPS) is 24.1. The van der Waals surface area contributed by atoms with Crippen molar-refractivity contribution in [3.63, 3.8) is 0 Å². The van der Waals surface area contributed by atoms with Crippen molar-refractivity contribution >= 4 is 11.9 Å². The number of rotatable bonds is 8. The van der Waals surface area contributed by atoms with Gasteiger partial charge < -0.3 is 50.3 Å². The molecule has 0 aromatic heterocycles. The number of cyclic esters (lactones) is 1. The fourth-order valence-electron chi connectivity index (χ4n) is 1.73. The number of aliphatic hydroxyl groups is 8. The highest BCUT2D eigenvalue weighted by atomic mass is 16.6. The summed E-state index contributed by atoms with van der Waals surface area (Å²) in [5.74, 6) is -4.88. The number of hydrogen-bond donors (Lipinski definition) is 8. The Labute approximate surface area is 134 Å². The van der Waals surface area contributed by atoms with E-state index in [4.69, 9.17) is 15.3 Å². The second-order valence-corrected chi connectivity index (χ2v) is 4.93. The maximum absolute atomic E-state index is 11.5. The number of ether oxygens (including phenoxy) is 2. The Kier molecular flexibility index (Phi) is 6.89. The van der Waals surface area contributed by atoms with Crippen molar-refractivity contribution in [3.05, 3.63) is 11.5 Å². The van der Waals surface area contributed by atoms with E-state index in [0.717, 1.165) is 0 Å². The van der Waals surface area contributed by atoms with Gasteiger partial charge in [-0.05, 0) is 0 Å². The van der Waals surface area contributed by atoms with Gasteiger partial charge in [0.2, 0.25) is 5.76 Å². The van der Waals surface area contributed by atoms with Gasteiger partial charge in [0.25, 0.3) is 0 Å². The molecule has 0 aliphatic carbocycles. The Hall–Kier alpha value is -1.96. The second kappa shape index (κ2) is 8.23. The van der Waals surface area contributed by atoms with E-state index in [1.165, 1.54) is 0 Å². The van der Waals surface area contributed by atoms with Gasteiger partial charge in [-0.15, -0.1) is 0 Å². The van der Waals surface area contributed by atoms with Crippen molar-refractivity contribution in [1.82, 2.24) is 0 Å². The van der Waals surface area contributed by atoms with E-state index < -0.39 is 73.3 Å². The van der Waals surface area contributed by atoms with Gasteiger partial charge in [0.1, 0.15) is 31.0 Å². The maximum Gasteiger partial charge on any atom is 0.377 e. The Morgan fingerprint density at radius 2 is 1.71 bits per heavy atom. The van der Waals surface area contributed by atoms with E-state index in [1.54, 1.807) is 0 Å². The first-order valence-corrected chi connectivity index (χ1v) is 6.62. The Morgan fingerprint density at radius 1 is 1.12 bits per heavy atom. The highest BCUT2D eigenvalue weighted by molar-refractivity contribution is 5.89. The molecule has 6 atom stereocenters. The zero-order chi connectivity index (χ0) is 18.6. The number of aliphatic hydroxyl groups excluding tert-OH is 8. The highest BCUT2D eigenvalue weighted by Crippen LogP contribution is 2.21. The van der Waals surface area contributed by atoms with Gasteiger partial charge in [-0.25, -0.2) is 9.59 Å². The molecule has 1 rings (SSSR count). The smallest absolute Gasteiger partial charge is 0.377 e. The van der Waals surface area contributed by atoms with Crippen LogP contribution in [-0.2, 0) is 19.1 Å². The molecule has 0 saturated carbocycles. The van der Waals surface area contributed by atoms with Crippen LogP contribution in [0.1, 0.15) is 0 Å². The monoisotopic (exact) mass is 354 g/mol. The molecule has 0 radical (unpaired) electrons. The van der Waals surface area contributed by atoms with E-state index in [0.29, 0.717) is 0 Å². The average Bonchev–Trinajstić information content (AvgIpc) is 2.83. The summed E-state index contributed by atoms with van der Waals surface area (Å²) in [6, 6.07) is 0. The largest absolute Gasteiger partial charge is 0.505 e. The molecule has 24 heavy (non-hydrogen) atoms. The van der Waals surface area contributed by atoms with Gasteiger partial charge in [0, 0.05) is 0 Å². The number of carbonyl (C=O) groups excluding carboxylic acids is 2. The number of esters is 2. The lowest BCUT2D eigenvalue weighted by Gasteiger charge is -2.25. The van der Waals surface area contributed by atoms with E-state index in [-0.39, 0.29) is 0 Å². The predicted molar refractivity (Wildman–Crippen MR) is 70.2 cm³/mol. The number of hydrogen-bond acceptors (Lipinski definition) is 12. The van der Waals surface area contributed by atoms with Crippen LogP contribution in [0.4, 0.5) is 0 Å². The summed E-state index contributed by atoms with van der Waals surface area (Å²) in [4.78, 5) is 22.4. The minimum atomic E-state index is -2.32. The summed E-state index contributed by atoms with van der Waals surface area (Å²) in [6.07, 6.45) is -11.9. The highest BCUT2D eigenvalue weighted by Gasteiger charge is 2.40. The standard InChI is InChI=1S/C12H18O12/c13-1-3(14)5(16)6(17)8(19)11(21)23-2-4(15)10-7(18)9(20)12(22)24-10/h3-6,8,10,13-20H,1-2H2. The van der Waals surface area contributed by atoms with Crippen molar-refractivity contribution in [2.45, 2.75) is 36.6 Å². The van der Waals surface area contributed by atoms with E-state index in [1.807, 2.05) is 0 Å². The van der Waals surface area contributed by atoms with Crippen LogP contribution < -0.4 is 0 Å². The lowest BCUT2D eigenvalue weighted by molar-refractivity contribution is -0.175. The van der Waals surface area contributed by atoms with Gasteiger partial charge in [-0.3, -0.25) is 0 Å². The fraction of sp³-hybridized carbons (Fsp3) is 0.667. The van der Waals surface area contributed by atoms with Crippen LogP contribution in [0.3, 0.4) is 0 Å². The van der Waals surface area contributed by atoms with E-state index >= 15 is 0 Å². The molecular formula is C12H18O12. The molecule has 0 aromatic rings. The van der Waals surface area contributed by atoms with Gasteiger partial charge in [0.05, 0.1) is 6.61 Å². The van der Waals surface area contributed by atoms with Crippen LogP contribution >= 0.6 is 0 Å². The molecule has 0 fully saturated rings. The number of carbonyl (C=O) groups is 2.